The maximum absolute atomic E-state index is 5.48. The minimum absolute atomic E-state index is 0.0250. The van der Waals surface area contributed by atoms with Crippen LogP contribution in [0.25, 0.3) is 0 Å². The predicted octanol–water partition coefficient (Wildman–Crippen LogP) is 4.60. The van der Waals surface area contributed by atoms with Crippen molar-refractivity contribution in [2.45, 2.75) is 6.04 Å². The molecule has 1 N–H and O–H groups in total. The molecule has 0 saturated carbocycles. The van der Waals surface area contributed by atoms with Gasteiger partial charge in [0.1, 0.15) is 11.5 Å². The summed E-state index contributed by atoms with van der Waals surface area (Å²) in [7, 11) is 5.27. The summed E-state index contributed by atoms with van der Waals surface area (Å²) in [4.78, 5) is 0. The number of hydrogen-bond donors (Lipinski definition) is 1. The van der Waals surface area contributed by atoms with Gasteiger partial charge in [-0.15, -0.1) is 11.3 Å². The van der Waals surface area contributed by atoms with Crippen LogP contribution in [-0.4, -0.2) is 21.3 Å². The summed E-state index contributed by atoms with van der Waals surface area (Å²) in [5.74, 6) is 1.64. The number of hydrogen-bond acceptors (Lipinski definition) is 4. The molecule has 0 radical (unpaired) electrons. The second-order valence-electron chi connectivity index (χ2n) is 4.11. The molecule has 6 heteroatoms. The second kappa shape index (κ2) is 6.93. The van der Waals surface area contributed by atoms with Gasteiger partial charge in [0, 0.05) is 5.56 Å². The van der Waals surface area contributed by atoms with Crippen molar-refractivity contribution in [3.8, 4) is 11.5 Å². The van der Waals surface area contributed by atoms with Gasteiger partial charge in [-0.1, -0.05) is 0 Å². The average molecular weight is 421 g/mol. The highest BCUT2D eigenvalue weighted by molar-refractivity contribution is 9.12. The Labute approximate surface area is 139 Å². The number of rotatable bonds is 5. The molecular formula is C14H15Br2NO2S. The molecular weight excluding hydrogens is 406 g/mol. The van der Waals surface area contributed by atoms with Crippen molar-refractivity contribution < 1.29 is 9.47 Å². The first kappa shape index (κ1) is 15.8. The Morgan fingerprint density at radius 3 is 2.35 bits per heavy atom. The van der Waals surface area contributed by atoms with E-state index >= 15 is 0 Å². The molecule has 1 atom stereocenters. The summed E-state index contributed by atoms with van der Waals surface area (Å²) in [6.07, 6.45) is 0. The van der Waals surface area contributed by atoms with Crippen molar-refractivity contribution in [1.29, 1.82) is 0 Å². The maximum Gasteiger partial charge on any atom is 0.124 e. The molecule has 2 rings (SSSR count). The minimum atomic E-state index is 0.0250. The van der Waals surface area contributed by atoms with Gasteiger partial charge in [0.15, 0.2) is 0 Å². The van der Waals surface area contributed by atoms with E-state index in [9.17, 15) is 0 Å². The third kappa shape index (κ3) is 3.19. The van der Waals surface area contributed by atoms with Gasteiger partial charge >= 0.3 is 0 Å². The Morgan fingerprint density at radius 2 is 1.85 bits per heavy atom. The van der Waals surface area contributed by atoms with Gasteiger partial charge in [0.2, 0.25) is 0 Å². The lowest BCUT2D eigenvalue weighted by Crippen LogP contribution is -2.18. The van der Waals surface area contributed by atoms with E-state index in [1.807, 2.05) is 25.2 Å². The molecule has 0 amide bonds. The van der Waals surface area contributed by atoms with Gasteiger partial charge in [-0.2, -0.15) is 0 Å². The second-order valence-corrected chi connectivity index (χ2v) is 7.86. The van der Waals surface area contributed by atoms with E-state index in [1.165, 1.54) is 0 Å². The van der Waals surface area contributed by atoms with Gasteiger partial charge in [-0.25, -0.2) is 0 Å². The van der Waals surface area contributed by atoms with Crippen molar-refractivity contribution in [2.75, 3.05) is 21.3 Å². The molecule has 0 aliphatic heterocycles. The largest absolute Gasteiger partial charge is 0.497 e. The number of halogens is 2. The zero-order valence-electron chi connectivity index (χ0n) is 11.4. The first-order valence-corrected chi connectivity index (χ1v) is 8.34. The third-order valence-corrected chi connectivity index (χ3v) is 5.42. The van der Waals surface area contributed by atoms with E-state index in [2.05, 4.69) is 43.2 Å². The third-order valence-electron chi connectivity index (χ3n) is 3.03. The zero-order valence-corrected chi connectivity index (χ0v) is 15.4. The van der Waals surface area contributed by atoms with Crippen molar-refractivity contribution >= 4 is 43.2 Å². The summed E-state index contributed by atoms with van der Waals surface area (Å²) in [6.45, 7) is 0. The van der Waals surface area contributed by atoms with Crippen LogP contribution in [0.5, 0.6) is 11.5 Å². The lowest BCUT2D eigenvalue weighted by Gasteiger charge is -2.20. The van der Waals surface area contributed by atoms with E-state index in [1.54, 1.807) is 25.6 Å². The van der Waals surface area contributed by atoms with Crippen LogP contribution >= 0.6 is 43.2 Å². The molecule has 0 spiro atoms. The maximum atomic E-state index is 5.48. The monoisotopic (exact) mass is 419 g/mol. The molecule has 1 heterocycles. The Balaban J connectivity index is 2.53. The van der Waals surface area contributed by atoms with Gasteiger partial charge in [-0.3, -0.25) is 0 Å². The Bertz CT molecular complexity index is 601. The topological polar surface area (TPSA) is 30.5 Å². The molecule has 1 aromatic carbocycles. The smallest absolute Gasteiger partial charge is 0.124 e. The number of methoxy groups -OCH3 is 2. The highest BCUT2D eigenvalue weighted by Gasteiger charge is 2.21. The summed E-state index contributed by atoms with van der Waals surface area (Å²) in [5, 5.41) is 3.34. The van der Waals surface area contributed by atoms with E-state index in [0.29, 0.717) is 0 Å². The van der Waals surface area contributed by atoms with Crippen molar-refractivity contribution in [3.05, 3.63) is 43.0 Å². The van der Waals surface area contributed by atoms with E-state index in [0.717, 1.165) is 30.2 Å². The average Bonchev–Trinajstić information content (AvgIpc) is 2.78. The summed E-state index contributed by atoms with van der Waals surface area (Å²) in [5.41, 5.74) is 2.20. The van der Waals surface area contributed by atoms with Gasteiger partial charge in [0.25, 0.3) is 0 Å². The lowest BCUT2D eigenvalue weighted by molar-refractivity contribution is 0.395. The molecule has 3 nitrogen and oxygen atoms in total. The van der Waals surface area contributed by atoms with Crippen LogP contribution in [0.3, 0.4) is 0 Å². The Morgan fingerprint density at radius 1 is 1.10 bits per heavy atom. The van der Waals surface area contributed by atoms with Crippen LogP contribution in [0, 0.1) is 0 Å². The highest BCUT2D eigenvalue weighted by atomic mass is 79.9. The summed E-state index contributed by atoms with van der Waals surface area (Å²) in [6, 6.07) is 7.95. The van der Waals surface area contributed by atoms with Gasteiger partial charge in [-0.05, 0) is 68.7 Å². The lowest BCUT2D eigenvalue weighted by atomic mass is 10.00. The Kier molecular flexibility index (Phi) is 5.49. The molecule has 0 aliphatic rings. The van der Waals surface area contributed by atoms with Crippen LogP contribution < -0.4 is 14.8 Å². The fourth-order valence-electron chi connectivity index (χ4n) is 2.09. The molecule has 2 aromatic rings. The van der Waals surface area contributed by atoms with Crippen LogP contribution in [-0.2, 0) is 0 Å². The molecule has 0 fully saturated rings. The van der Waals surface area contributed by atoms with Gasteiger partial charge < -0.3 is 14.8 Å². The van der Waals surface area contributed by atoms with Crippen molar-refractivity contribution in [1.82, 2.24) is 5.32 Å². The highest BCUT2D eigenvalue weighted by Crippen LogP contribution is 2.40. The molecule has 20 heavy (non-hydrogen) atoms. The SMILES string of the molecule is CNC(c1cc(OC)ccc1OC)c1cc(Br)sc1Br. The molecule has 108 valence electrons. The van der Waals surface area contributed by atoms with Crippen LogP contribution in [0.1, 0.15) is 17.2 Å². The van der Waals surface area contributed by atoms with Crippen LogP contribution in [0.15, 0.2) is 31.8 Å². The van der Waals surface area contributed by atoms with E-state index in [-0.39, 0.29) is 6.04 Å². The molecule has 1 unspecified atom stereocenters. The Hall–Kier alpha value is -0.560. The first-order chi connectivity index (χ1) is 9.60. The van der Waals surface area contributed by atoms with E-state index < -0.39 is 0 Å². The number of nitrogens with one attached hydrogen (secondary N) is 1. The quantitative estimate of drug-likeness (QED) is 0.766. The zero-order chi connectivity index (χ0) is 14.7. The van der Waals surface area contributed by atoms with Crippen molar-refractivity contribution in [3.63, 3.8) is 0 Å². The first-order valence-electron chi connectivity index (χ1n) is 5.94. The van der Waals surface area contributed by atoms with Gasteiger partial charge in [0.05, 0.1) is 27.8 Å². The summed E-state index contributed by atoms with van der Waals surface area (Å²) >= 11 is 8.79. The molecule has 0 bridgehead atoms. The molecule has 1 aromatic heterocycles. The number of thiophene rings is 1. The number of ether oxygens (including phenoxy) is 2. The molecule has 0 saturated heterocycles. The number of benzene rings is 1. The van der Waals surface area contributed by atoms with Crippen LogP contribution in [0.4, 0.5) is 0 Å². The molecule has 0 aliphatic carbocycles. The fraction of sp³-hybridized carbons (Fsp3) is 0.286. The van der Waals surface area contributed by atoms with Crippen LogP contribution in [0.2, 0.25) is 0 Å². The van der Waals surface area contributed by atoms with Crippen molar-refractivity contribution in [2.24, 2.45) is 0 Å². The predicted molar refractivity (Wildman–Crippen MR) is 90.2 cm³/mol. The fourth-order valence-corrected chi connectivity index (χ4v) is 5.00. The van der Waals surface area contributed by atoms with E-state index in [4.69, 9.17) is 9.47 Å². The normalized spacial score (nSPS) is 12.2. The summed E-state index contributed by atoms with van der Waals surface area (Å²) < 4.78 is 13.0. The standard InChI is InChI=1S/C14H15Br2NO2S/c1-17-13(10-7-12(15)20-14(10)16)9-6-8(18-2)4-5-11(9)19-3/h4-7,13,17H,1-3H3. The minimum Gasteiger partial charge on any atom is -0.497 e.